The number of rotatable bonds is 2. The topological polar surface area (TPSA) is 75.9 Å². The van der Waals surface area contributed by atoms with Crippen molar-refractivity contribution >= 4 is 17.4 Å². The molecule has 0 bridgehead atoms. The van der Waals surface area contributed by atoms with Crippen LogP contribution >= 0.6 is 0 Å². The molecule has 0 aliphatic carbocycles. The minimum Gasteiger partial charge on any atom is -0.461 e. The number of aromatic nitrogens is 4. The average Bonchev–Trinajstić information content (AvgIpc) is 3.12. The molecule has 0 N–H and O–H groups in total. The monoisotopic (exact) mass is 316 g/mol. The van der Waals surface area contributed by atoms with Gasteiger partial charge in [-0.3, -0.25) is 9.69 Å². The van der Waals surface area contributed by atoms with Gasteiger partial charge in [-0.05, 0) is 26.0 Å². The summed E-state index contributed by atoms with van der Waals surface area (Å²) in [6.45, 7) is 6.61. The Labute approximate surface area is 134 Å². The molecule has 8 nitrogen and oxygen atoms in total. The van der Waals surface area contributed by atoms with Gasteiger partial charge in [-0.1, -0.05) is 0 Å². The molecular formula is C15H20N6O2. The first kappa shape index (κ1) is 14.4. The van der Waals surface area contributed by atoms with Crippen LogP contribution in [0, 0.1) is 0 Å². The summed E-state index contributed by atoms with van der Waals surface area (Å²) in [5.41, 5.74) is 0.739. The van der Waals surface area contributed by atoms with E-state index >= 15 is 0 Å². The SMILES string of the molecule is C[C@@H]1C[C@@H](N2CCN(c3ccc4nncn4n3)[C@@H](C)C2)C(=O)O1. The molecule has 2 fully saturated rings. The van der Waals surface area contributed by atoms with Crippen molar-refractivity contribution in [2.75, 3.05) is 24.5 Å². The molecule has 122 valence electrons. The molecule has 0 unspecified atom stereocenters. The molecule has 3 atom stereocenters. The molecule has 0 spiro atoms. The van der Waals surface area contributed by atoms with E-state index in [4.69, 9.17) is 4.74 Å². The van der Waals surface area contributed by atoms with Gasteiger partial charge in [0.1, 0.15) is 24.3 Å². The number of piperazine rings is 1. The van der Waals surface area contributed by atoms with Crippen molar-refractivity contribution in [2.24, 2.45) is 0 Å². The molecule has 2 saturated heterocycles. The van der Waals surface area contributed by atoms with Crippen LogP contribution in [0.2, 0.25) is 0 Å². The molecule has 2 aliphatic rings. The fourth-order valence-corrected chi connectivity index (χ4v) is 3.51. The van der Waals surface area contributed by atoms with E-state index in [9.17, 15) is 4.79 Å². The smallest absolute Gasteiger partial charge is 0.323 e. The second-order valence-electron chi connectivity index (χ2n) is 6.36. The number of anilines is 1. The Kier molecular flexibility index (Phi) is 3.41. The first-order valence-corrected chi connectivity index (χ1v) is 8.00. The molecule has 0 aromatic carbocycles. The number of cyclic esters (lactones) is 1. The van der Waals surface area contributed by atoms with Crippen LogP contribution in [-0.2, 0) is 9.53 Å². The fourth-order valence-electron chi connectivity index (χ4n) is 3.51. The van der Waals surface area contributed by atoms with Crippen LogP contribution < -0.4 is 4.90 Å². The highest BCUT2D eigenvalue weighted by molar-refractivity contribution is 5.78. The van der Waals surface area contributed by atoms with Crippen LogP contribution in [0.1, 0.15) is 20.3 Å². The van der Waals surface area contributed by atoms with Gasteiger partial charge in [0.15, 0.2) is 5.65 Å². The molecule has 2 aliphatic heterocycles. The number of carbonyl (C=O) groups excluding carboxylic acids is 1. The van der Waals surface area contributed by atoms with Crippen LogP contribution in [0.15, 0.2) is 18.5 Å². The first-order chi connectivity index (χ1) is 11.1. The third-order valence-corrected chi connectivity index (χ3v) is 4.69. The molecular weight excluding hydrogens is 296 g/mol. The largest absolute Gasteiger partial charge is 0.461 e. The average molecular weight is 316 g/mol. The van der Waals surface area contributed by atoms with Gasteiger partial charge in [-0.15, -0.1) is 15.3 Å². The van der Waals surface area contributed by atoms with E-state index in [1.807, 2.05) is 19.1 Å². The number of esters is 1. The summed E-state index contributed by atoms with van der Waals surface area (Å²) in [5, 5.41) is 12.4. The highest BCUT2D eigenvalue weighted by Gasteiger charge is 2.39. The maximum absolute atomic E-state index is 12.0. The molecule has 2 aromatic heterocycles. The fraction of sp³-hybridized carbons (Fsp3) is 0.600. The van der Waals surface area contributed by atoms with Gasteiger partial charge in [-0.2, -0.15) is 4.52 Å². The molecule has 0 saturated carbocycles. The van der Waals surface area contributed by atoms with Crippen molar-refractivity contribution in [2.45, 2.75) is 38.5 Å². The second kappa shape index (κ2) is 5.45. The Morgan fingerprint density at radius 1 is 1.26 bits per heavy atom. The van der Waals surface area contributed by atoms with Crippen molar-refractivity contribution in [3.63, 3.8) is 0 Å². The van der Waals surface area contributed by atoms with Crippen LogP contribution in [0.4, 0.5) is 5.82 Å². The summed E-state index contributed by atoms with van der Waals surface area (Å²) < 4.78 is 6.97. The normalized spacial score (nSPS) is 29.2. The maximum atomic E-state index is 12.0. The number of fused-ring (bicyclic) bond motifs is 1. The summed E-state index contributed by atoms with van der Waals surface area (Å²) in [6, 6.07) is 4.07. The minimum atomic E-state index is -0.0945. The van der Waals surface area contributed by atoms with Gasteiger partial charge < -0.3 is 9.64 Å². The zero-order valence-corrected chi connectivity index (χ0v) is 13.3. The number of nitrogens with zero attached hydrogens (tertiary/aromatic N) is 6. The van der Waals surface area contributed by atoms with E-state index in [0.29, 0.717) is 0 Å². The van der Waals surface area contributed by atoms with Crippen LogP contribution in [0.25, 0.3) is 5.65 Å². The lowest BCUT2D eigenvalue weighted by atomic mass is 10.1. The Morgan fingerprint density at radius 3 is 2.87 bits per heavy atom. The minimum absolute atomic E-state index is 0.0265. The highest BCUT2D eigenvalue weighted by atomic mass is 16.6. The zero-order chi connectivity index (χ0) is 16.0. The lowest BCUT2D eigenvalue weighted by Gasteiger charge is -2.41. The third kappa shape index (κ3) is 2.52. The predicted molar refractivity (Wildman–Crippen MR) is 83.1 cm³/mol. The quantitative estimate of drug-likeness (QED) is 0.739. The van der Waals surface area contributed by atoms with Crippen molar-refractivity contribution in [1.82, 2.24) is 24.7 Å². The lowest BCUT2D eigenvalue weighted by Crippen LogP contribution is -2.56. The van der Waals surface area contributed by atoms with Gasteiger partial charge in [0.05, 0.1) is 0 Å². The van der Waals surface area contributed by atoms with Crippen molar-refractivity contribution in [3.05, 3.63) is 18.5 Å². The number of hydrogen-bond acceptors (Lipinski definition) is 7. The van der Waals surface area contributed by atoms with E-state index in [0.717, 1.165) is 37.5 Å². The Balaban J connectivity index is 1.49. The first-order valence-electron chi connectivity index (χ1n) is 8.00. The second-order valence-corrected chi connectivity index (χ2v) is 6.36. The van der Waals surface area contributed by atoms with E-state index in [1.165, 1.54) is 0 Å². The van der Waals surface area contributed by atoms with Crippen molar-refractivity contribution in [3.8, 4) is 0 Å². The molecule has 0 radical (unpaired) electrons. The van der Waals surface area contributed by atoms with E-state index in [-0.39, 0.29) is 24.2 Å². The third-order valence-electron chi connectivity index (χ3n) is 4.69. The van der Waals surface area contributed by atoms with Crippen LogP contribution in [-0.4, -0.2) is 68.5 Å². The Morgan fingerprint density at radius 2 is 2.13 bits per heavy atom. The molecule has 4 rings (SSSR count). The number of hydrogen-bond donors (Lipinski definition) is 0. The zero-order valence-electron chi connectivity index (χ0n) is 13.3. The van der Waals surface area contributed by atoms with E-state index in [2.05, 4.69) is 32.0 Å². The highest BCUT2D eigenvalue weighted by Crippen LogP contribution is 2.25. The summed E-state index contributed by atoms with van der Waals surface area (Å²) in [4.78, 5) is 16.5. The molecule has 8 heteroatoms. The summed E-state index contributed by atoms with van der Waals surface area (Å²) >= 11 is 0. The summed E-state index contributed by atoms with van der Waals surface area (Å²) in [6.07, 6.45) is 2.42. The molecule has 4 heterocycles. The van der Waals surface area contributed by atoms with Crippen LogP contribution in [0.3, 0.4) is 0 Å². The van der Waals surface area contributed by atoms with Crippen LogP contribution in [0.5, 0.6) is 0 Å². The summed E-state index contributed by atoms with van der Waals surface area (Å²) in [7, 11) is 0. The molecule has 23 heavy (non-hydrogen) atoms. The van der Waals surface area contributed by atoms with Gasteiger partial charge in [0.25, 0.3) is 0 Å². The predicted octanol–water partition coefficient (Wildman–Crippen LogP) is 0.339. The van der Waals surface area contributed by atoms with Gasteiger partial charge in [0, 0.05) is 32.1 Å². The number of carbonyl (C=O) groups is 1. The van der Waals surface area contributed by atoms with Gasteiger partial charge in [-0.25, -0.2) is 0 Å². The van der Waals surface area contributed by atoms with E-state index < -0.39 is 0 Å². The molecule has 0 amide bonds. The Bertz CT molecular complexity index is 732. The van der Waals surface area contributed by atoms with Gasteiger partial charge >= 0.3 is 5.97 Å². The lowest BCUT2D eigenvalue weighted by molar-refractivity contribution is -0.145. The standard InChI is InChI=1S/C15H20N6O2/c1-10-8-19(12-7-11(2)23-15(12)22)5-6-20(10)14-4-3-13-17-16-9-21(13)18-14/h3-4,9-12H,5-8H2,1-2H3/t10-,11+,12+/m0/s1. The molecule has 2 aromatic rings. The summed E-state index contributed by atoms with van der Waals surface area (Å²) in [5.74, 6) is 0.828. The van der Waals surface area contributed by atoms with Gasteiger partial charge in [0.2, 0.25) is 0 Å². The van der Waals surface area contributed by atoms with E-state index in [1.54, 1.807) is 10.8 Å². The van der Waals surface area contributed by atoms with Crippen molar-refractivity contribution < 1.29 is 9.53 Å². The maximum Gasteiger partial charge on any atom is 0.323 e. The Hall–Kier alpha value is -2.22. The number of ether oxygens (including phenoxy) is 1. The van der Waals surface area contributed by atoms with Crippen molar-refractivity contribution in [1.29, 1.82) is 0 Å².